The second kappa shape index (κ2) is 9.26. The molecule has 1 saturated heterocycles. The average molecular weight is 437 g/mol. The lowest BCUT2D eigenvalue weighted by molar-refractivity contribution is -0.0324. The molecular formula is C24H28N4O2S. The molecule has 2 aromatic carbocycles. The predicted molar refractivity (Wildman–Crippen MR) is 126 cm³/mol. The fraction of sp³-hybridized carbons (Fsp3) is 0.333. The van der Waals surface area contributed by atoms with Crippen LogP contribution in [0.15, 0.2) is 65.7 Å². The van der Waals surface area contributed by atoms with Crippen LogP contribution >= 0.6 is 11.9 Å². The van der Waals surface area contributed by atoms with Crippen LogP contribution in [0.3, 0.4) is 0 Å². The van der Waals surface area contributed by atoms with Gasteiger partial charge in [0.15, 0.2) is 0 Å². The summed E-state index contributed by atoms with van der Waals surface area (Å²) in [6.07, 6.45) is 3.01. The van der Waals surface area contributed by atoms with E-state index in [4.69, 9.17) is 0 Å². The van der Waals surface area contributed by atoms with E-state index >= 15 is 0 Å². The zero-order valence-electron chi connectivity index (χ0n) is 17.9. The van der Waals surface area contributed by atoms with E-state index in [0.29, 0.717) is 38.0 Å². The Hall–Kier alpha value is -2.61. The number of nitrogens with zero attached hydrogens (tertiary/aromatic N) is 3. The van der Waals surface area contributed by atoms with Crippen LogP contribution in [0.4, 0.5) is 5.69 Å². The van der Waals surface area contributed by atoms with Crippen LogP contribution in [0.1, 0.15) is 23.2 Å². The van der Waals surface area contributed by atoms with E-state index < -0.39 is 5.60 Å². The number of pyridine rings is 1. The van der Waals surface area contributed by atoms with Crippen molar-refractivity contribution in [2.24, 2.45) is 0 Å². The predicted octanol–water partition coefficient (Wildman–Crippen LogP) is 3.88. The summed E-state index contributed by atoms with van der Waals surface area (Å²) < 4.78 is 3.34. The van der Waals surface area contributed by atoms with Crippen LogP contribution in [-0.4, -0.2) is 65.1 Å². The molecule has 1 amide bonds. The molecule has 0 spiro atoms. The Labute approximate surface area is 187 Å². The summed E-state index contributed by atoms with van der Waals surface area (Å²) in [6, 6.07) is 17.7. The Bertz CT molecular complexity index is 1040. The Morgan fingerprint density at radius 2 is 1.84 bits per heavy atom. The van der Waals surface area contributed by atoms with E-state index in [1.807, 2.05) is 66.4 Å². The first kappa shape index (κ1) is 21.6. The molecule has 2 heterocycles. The number of aliphatic hydroxyl groups is 1. The zero-order chi connectivity index (χ0) is 21.8. The first-order chi connectivity index (χ1) is 14.9. The van der Waals surface area contributed by atoms with Crippen molar-refractivity contribution in [3.63, 3.8) is 0 Å². The molecule has 7 heteroatoms. The lowest BCUT2D eigenvalue weighted by Crippen LogP contribution is -2.51. The van der Waals surface area contributed by atoms with Gasteiger partial charge in [-0.2, -0.15) is 0 Å². The van der Waals surface area contributed by atoms with Gasteiger partial charge in [0.1, 0.15) is 0 Å². The van der Waals surface area contributed by atoms with Crippen molar-refractivity contribution in [1.29, 1.82) is 0 Å². The molecule has 31 heavy (non-hydrogen) atoms. The van der Waals surface area contributed by atoms with E-state index in [1.165, 1.54) is 11.9 Å². The molecule has 0 atom stereocenters. The minimum Gasteiger partial charge on any atom is -0.388 e. The summed E-state index contributed by atoms with van der Waals surface area (Å²) in [4.78, 5) is 22.2. The Kier molecular flexibility index (Phi) is 6.46. The Morgan fingerprint density at radius 3 is 2.55 bits per heavy atom. The number of amides is 1. The number of likely N-dealkylation sites (tertiary alicyclic amines) is 1. The molecule has 3 aromatic rings. The highest BCUT2D eigenvalue weighted by atomic mass is 32.2. The average Bonchev–Trinajstić information content (AvgIpc) is 2.77. The number of benzene rings is 2. The maximum atomic E-state index is 12.9. The van der Waals surface area contributed by atoms with Gasteiger partial charge in [-0.05, 0) is 75.3 Å². The van der Waals surface area contributed by atoms with Crippen molar-refractivity contribution < 1.29 is 9.90 Å². The SMILES string of the molecule is CN(C)CC1(O)CCN(C(=O)c2ccc(NSc3cccc4cccnc34)cc2)CC1. The maximum Gasteiger partial charge on any atom is 0.253 e. The Morgan fingerprint density at radius 1 is 1.13 bits per heavy atom. The largest absolute Gasteiger partial charge is 0.388 e. The van der Waals surface area contributed by atoms with Gasteiger partial charge < -0.3 is 19.6 Å². The number of piperidine rings is 1. The number of hydrogen-bond donors (Lipinski definition) is 2. The van der Waals surface area contributed by atoms with Crippen molar-refractivity contribution in [3.05, 3.63) is 66.4 Å². The standard InChI is InChI=1S/C24H28N4O2S/c1-27(2)17-24(30)12-15-28(16-13-24)23(29)19-8-10-20(11-9-19)26-31-21-7-3-5-18-6-4-14-25-22(18)21/h3-11,14,26,30H,12-13,15-17H2,1-2H3. The van der Waals surface area contributed by atoms with Crippen LogP contribution in [0.5, 0.6) is 0 Å². The summed E-state index contributed by atoms with van der Waals surface area (Å²) in [7, 11) is 3.92. The molecule has 4 rings (SSSR count). The summed E-state index contributed by atoms with van der Waals surface area (Å²) in [5, 5.41) is 11.8. The number of para-hydroxylation sites is 1. The fourth-order valence-electron chi connectivity index (χ4n) is 4.01. The van der Waals surface area contributed by atoms with Crippen LogP contribution < -0.4 is 4.72 Å². The second-order valence-electron chi connectivity index (χ2n) is 8.37. The normalized spacial score (nSPS) is 15.9. The van der Waals surface area contributed by atoms with Gasteiger partial charge in [-0.1, -0.05) is 18.2 Å². The van der Waals surface area contributed by atoms with E-state index in [9.17, 15) is 9.90 Å². The van der Waals surface area contributed by atoms with Crippen molar-refractivity contribution in [3.8, 4) is 0 Å². The van der Waals surface area contributed by atoms with E-state index in [-0.39, 0.29) is 5.91 Å². The van der Waals surface area contributed by atoms with Gasteiger partial charge in [-0.15, -0.1) is 0 Å². The van der Waals surface area contributed by atoms with Crippen molar-refractivity contribution in [2.45, 2.75) is 23.3 Å². The number of rotatable bonds is 6. The van der Waals surface area contributed by atoms with E-state index in [2.05, 4.69) is 21.8 Å². The maximum absolute atomic E-state index is 12.9. The van der Waals surface area contributed by atoms with E-state index in [0.717, 1.165) is 21.5 Å². The first-order valence-electron chi connectivity index (χ1n) is 10.5. The van der Waals surface area contributed by atoms with Crippen LogP contribution in [0, 0.1) is 0 Å². The number of carbonyl (C=O) groups excluding carboxylic acids is 1. The minimum absolute atomic E-state index is 0.0179. The molecule has 6 nitrogen and oxygen atoms in total. The summed E-state index contributed by atoms with van der Waals surface area (Å²) >= 11 is 1.51. The lowest BCUT2D eigenvalue weighted by Gasteiger charge is -2.39. The number of aromatic nitrogens is 1. The first-order valence-corrected chi connectivity index (χ1v) is 11.3. The molecule has 1 aliphatic rings. The third-order valence-electron chi connectivity index (χ3n) is 5.60. The highest BCUT2D eigenvalue weighted by Gasteiger charge is 2.34. The number of likely N-dealkylation sites (N-methyl/N-ethyl adjacent to an activating group) is 1. The molecular weight excluding hydrogens is 408 g/mol. The number of nitrogens with one attached hydrogen (secondary N) is 1. The van der Waals surface area contributed by atoms with Crippen molar-refractivity contribution >= 4 is 34.4 Å². The molecule has 2 N–H and O–H groups in total. The fourth-order valence-corrected chi connectivity index (χ4v) is 4.79. The van der Waals surface area contributed by atoms with Crippen LogP contribution in [-0.2, 0) is 0 Å². The van der Waals surface area contributed by atoms with Crippen molar-refractivity contribution in [1.82, 2.24) is 14.8 Å². The van der Waals surface area contributed by atoms with Crippen LogP contribution in [0.25, 0.3) is 10.9 Å². The van der Waals surface area contributed by atoms with Gasteiger partial charge in [0.05, 0.1) is 16.0 Å². The lowest BCUT2D eigenvalue weighted by atomic mass is 9.90. The van der Waals surface area contributed by atoms with Gasteiger partial charge in [0.2, 0.25) is 0 Å². The van der Waals surface area contributed by atoms with Gasteiger partial charge in [-0.25, -0.2) is 0 Å². The Balaban J connectivity index is 1.35. The highest BCUT2D eigenvalue weighted by molar-refractivity contribution is 8.00. The minimum atomic E-state index is -0.707. The quantitative estimate of drug-likeness (QED) is 0.572. The molecule has 162 valence electrons. The van der Waals surface area contributed by atoms with Crippen molar-refractivity contribution in [2.75, 3.05) is 38.5 Å². The second-order valence-corrected chi connectivity index (χ2v) is 9.22. The number of fused-ring (bicyclic) bond motifs is 1. The monoisotopic (exact) mass is 436 g/mol. The third kappa shape index (κ3) is 5.18. The number of anilines is 1. The number of carbonyl (C=O) groups is 1. The molecule has 1 aliphatic heterocycles. The summed E-state index contributed by atoms with van der Waals surface area (Å²) in [5.41, 5.74) is 1.85. The van der Waals surface area contributed by atoms with Gasteiger partial charge >= 0.3 is 0 Å². The van der Waals surface area contributed by atoms with Gasteiger partial charge in [-0.3, -0.25) is 9.78 Å². The molecule has 0 unspecified atom stereocenters. The molecule has 0 aliphatic carbocycles. The summed E-state index contributed by atoms with van der Waals surface area (Å²) in [6.45, 7) is 1.78. The van der Waals surface area contributed by atoms with Crippen LogP contribution in [0.2, 0.25) is 0 Å². The molecule has 1 fully saturated rings. The number of hydrogen-bond acceptors (Lipinski definition) is 6. The van der Waals surface area contributed by atoms with Gasteiger partial charge in [0, 0.05) is 42.5 Å². The molecule has 0 radical (unpaired) electrons. The zero-order valence-corrected chi connectivity index (χ0v) is 18.7. The third-order valence-corrected chi connectivity index (χ3v) is 6.49. The molecule has 1 aromatic heterocycles. The topological polar surface area (TPSA) is 68.7 Å². The summed E-state index contributed by atoms with van der Waals surface area (Å²) in [5.74, 6) is 0.0179. The molecule has 0 bridgehead atoms. The van der Waals surface area contributed by atoms with Gasteiger partial charge in [0.25, 0.3) is 5.91 Å². The smallest absolute Gasteiger partial charge is 0.253 e. The van der Waals surface area contributed by atoms with E-state index in [1.54, 1.807) is 6.20 Å². The highest BCUT2D eigenvalue weighted by Crippen LogP contribution is 2.28. The molecule has 0 saturated carbocycles.